The van der Waals surface area contributed by atoms with Crippen LogP contribution in [-0.2, 0) is 31.4 Å². The summed E-state index contributed by atoms with van der Waals surface area (Å²) >= 11 is 0. The van der Waals surface area contributed by atoms with Crippen LogP contribution < -0.4 is 5.32 Å². The molecular formula is C25H26N6O2. The largest absolute Gasteiger partial charge is 0.481 e. The Labute approximate surface area is 191 Å². The first-order chi connectivity index (χ1) is 16.0. The molecule has 2 N–H and O–H groups in total. The lowest BCUT2D eigenvalue weighted by Crippen LogP contribution is -2.22. The molecule has 0 amide bonds. The second-order valence-corrected chi connectivity index (χ2v) is 8.56. The van der Waals surface area contributed by atoms with Gasteiger partial charge in [0, 0.05) is 43.5 Å². The van der Waals surface area contributed by atoms with Crippen molar-refractivity contribution in [3.8, 4) is 22.4 Å². The van der Waals surface area contributed by atoms with E-state index < -0.39 is 5.97 Å². The van der Waals surface area contributed by atoms with Gasteiger partial charge in [-0.05, 0) is 41.7 Å². The van der Waals surface area contributed by atoms with Gasteiger partial charge in [0.2, 0.25) is 0 Å². The zero-order chi connectivity index (χ0) is 22.9. The predicted molar refractivity (Wildman–Crippen MR) is 124 cm³/mol. The fraction of sp³-hybridized carbons (Fsp3) is 0.280. The van der Waals surface area contributed by atoms with Gasteiger partial charge in [0.1, 0.15) is 0 Å². The molecule has 33 heavy (non-hydrogen) atoms. The number of benzene rings is 2. The van der Waals surface area contributed by atoms with Crippen molar-refractivity contribution in [1.82, 2.24) is 30.1 Å². The van der Waals surface area contributed by atoms with E-state index in [9.17, 15) is 4.79 Å². The maximum Gasteiger partial charge on any atom is 0.307 e. The summed E-state index contributed by atoms with van der Waals surface area (Å²) in [4.78, 5) is 10.9. The molecule has 1 atom stereocenters. The van der Waals surface area contributed by atoms with Crippen molar-refractivity contribution in [3.63, 3.8) is 0 Å². The summed E-state index contributed by atoms with van der Waals surface area (Å²) in [6, 6.07) is 14.5. The molecule has 0 bridgehead atoms. The lowest BCUT2D eigenvalue weighted by Gasteiger charge is -2.20. The smallest absolute Gasteiger partial charge is 0.307 e. The zero-order valence-corrected chi connectivity index (χ0v) is 18.7. The number of carbonyl (C=O) groups is 1. The minimum absolute atomic E-state index is 0.0413. The summed E-state index contributed by atoms with van der Waals surface area (Å²) in [5.74, 6) is -0.817. The van der Waals surface area contributed by atoms with Gasteiger partial charge in [0.05, 0.1) is 24.0 Å². The monoisotopic (exact) mass is 442 g/mol. The number of carboxylic acids is 1. The van der Waals surface area contributed by atoms with Gasteiger partial charge >= 0.3 is 5.97 Å². The molecule has 1 aliphatic rings. The van der Waals surface area contributed by atoms with Crippen molar-refractivity contribution in [2.45, 2.75) is 38.9 Å². The molecule has 0 spiro atoms. The number of hydrogen-bond acceptors (Lipinski definition) is 5. The number of aromatic nitrogens is 5. The molecule has 3 heterocycles. The minimum atomic E-state index is -0.817. The first kappa shape index (κ1) is 21.1. The molecule has 0 fully saturated rings. The van der Waals surface area contributed by atoms with Gasteiger partial charge < -0.3 is 10.4 Å². The summed E-state index contributed by atoms with van der Waals surface area (Å²) in [7, 11) is 1.92. The third kappa shape index (κ3) is 4.29. The molecule has 0 saturated carbocycles. The molecule has 168 valence electrons. The highest BCUT2D eigenvalue weighted by atomic mass is 16.4. The molecule has 5 rings (SSSR count). The van der Waals surface area contributed by atoms with E-state index in [-0.39, 0.29) is 12.5 Å². The van der Waals surface area contributed by atoms with Crippen molar-refractivity contribution in [1.29, 1.82) is 0 Å². The fourth-order valence-electron chi connectivity index (χ4n) is 4.52. The summed E-state index contributed by atoms with van der Waals surface area (Å²) in [6.45, 7) is 3.47. The van der Waals surface area contributed by atoms with Crippen LogP contribution in [0.15, 0.2) is 54.9 Å². The van der Waals surface area contributed by atoms with Crippen molar-refractivity contribution < 1.29 is 9.90 Å². The molecule has 0 radical (unpaired) electrons. The van der Waals surface area contributed by atoms with Crippen LogP contribution in [0.25, 0.3) is 22.4 Å². The Morgan fingerprint density at radius 1 is 1.15 bits per heavy atom. The highest BCUT2D eigenvalue weighted by molar-refractivity contribution is 5.73. The molecule has 8 heteroatoms. The molecule has 2 aromatic carbocycles. The third-order valence-electron chi connectivity index (χ3n) is 6.18. The number of nitrogens with one attached hydrogen (secondary N) is 1. The van der Waals surface area contributed by atoms with Gasteiger partial charge in [-0.1, -0.05) is 41.6 Å². The van der Waals surface area contributed by atoms with Crippen molar-refractivity contribution >= 4 is 5.97 Å². The van der Waals surface area contributed by atoms with E-state index in [0.717, 1.165) is 52.2 Å². The first-order valence-electron chi connectivity index (χ1n) is 11.0. The van der Waals surface area contributed by atoms with Crippen LogP contribution in [0.2, 0.25) is 0 Å². The van der Waals surface area contributed by atoms with E-state index >= 15 is 0 Å². The molecule has 0 saturated heterocycles. The van der Waals surface area contributed by atoms with E-state index in [1.54, 1.807) is 0 Å². The number of hydrogen-bond donors (Lipinski definition) is 2. The molecule has 4 aromatic rings. The Kier molecular flexibility index (Phi) is 5.51. The summed E-state index contributed by atoms with van der Waals surface area (Å²) in [6.07, 6.45) is 4.84. The van der Waals surface area contributed by atoms with Gasteiger partial charge in [-0.25, -0.2) is 4.68 Å². The second kappa shape index (κ2) is 8.63. The number of carboxylic acid groups (broad SMARTS) is 1. The standard InChI is InChI=1S/C25H26N6O2/c1-16-25-21-8-7-19(20-14-27-30(2)15-20)12-22(21)23(9-10-31(25)29-28-16)26-13-18-5-3-17(4-6-18)11-24(32)33/h3-8,12,14-15,23,26H,9-11,13H2,1-2H3,(H,32,33). The highest BCUT2D eigenvalue weighted by Gasteiger charge is 2.25. The van der Waals surface area contributed by atoms with E-state index in [4.69, 9.17) is 5.11 Å². The maximum atomic E-state index is 10.9. The average molecular weight is 443 g/mol. The van der Waals surface area contributed by atoms with Crippen LogP contribution >= 0.6 is 0 Å². The Balaban J connectivity index is 1.46. The fourth-order valence-corrected chi connectivity index (χ4v) is 4.52. The molecular weight excluding hydrogens is 416 g/mol. The second-order valence-electron chi connectivity index (χ2n) is 8.56. The lowest BCUT2D eigenvalue weighted by atomic mass is 9.93. The van der Waals surface area contributed by atoms with Crippen molar-refractivity contribution in [2.75, 3.05) is 0 Å². The zero-order valence-electron chi connectivity index (χ0n) is 18.7. The Morgan fingerprint density at radius 3 is 2.67 bits per heavy atom. The minimum Gasteiger partial charge on any atom is -0.481 e. The van der Waals surface area contributed by atoms with Crippen molar-refractivity contribution in [2.24, 2.45) is 7.05 Å². The van der Waals surface area contributed by atoms with Gasteiger partial charge in [-0.2, -0.15) is 5.10 Å². The van der Waals surface area contributed by atoms with Crippen LogP contribution in [0.5, 0.6) is 0 Å². The SMILES string of the molecule is Cc1nnn2c1-c1ccc(-c3cnn(C)c3)cc1C(NCc1ccc(CC(=O)O)cc1)CC2. The Hall–Kier alpha value is -3.78. The number of aryl methyl sites for hydroxylation is 3. The van der Waals surface area contributed by atoms with E-state index in [2.05, 4.69) is 38.9 Å². The lowest BCUT2D eigenvalue weighted by molar-refractivity contribution is -0.136. The number of rotatable bonds is 6. The predicted octanol–water partition coefficient (Wildman–Crippen LogP) is 3.52. The summed E-state index contributed by atoms with van der Waals surface area (Å²) < 4.78 is 3.81. The topological polar surface area (TPSA) is 97.9 Å². The van der Waals surface area contributed by atoms with E-state index in [1.165, 1.54) is 5.56 Å². The number of fused-ring (bicyclic) bond motifs is 3. The van der Waals surface area contributed by atoms with E-state index in [1.807, 2.05) is 60.0 Å². The van der Waals surface area contributed by atoms with Crippen LogP contribution in [0.4, 0.5) is 0 Å². The van der Waals surface area contributed by atoms with Crippen LogP contribution in [0, 0.1) is 6.92 Å². The van der Waals surface area contributed by atoms with Crippen LogP contribution in [-0.4, -0.2) is 35.9 Å². The first-order valence-corrected chi connectivity index (χ1v) is 11.0. The number of nitrogens with zero attached hydrogens (tertiary/aromatic N) is 5. The molecule has 1 unspecified atom stereocenters. The molecule has 2 aromatic heterocycles. The molecule has 0 aliphatic carbocycles. The van der Waals surface area contributed by atoms with Crippen LogP contribution in [0.1, 0.15) is 34.8 Å². The normalized spacial score (nSPS) is 15.0. The van der Waals surface area contributed by atoms with Gasteiger partial charge in [0.25, 0.3) is 0 Å². The highest BCUT2D eigenvalue weighted by Crippen LogP contribution is 2.37. The van der Waals surface area contributed by atoms with Crippen LogP contribution in [0.3, 0.4) is 0 Å². The Morgan fingerprint density at radius 2 is 1.94 bits per heavy atom. The number of aliphatic carboxylic acids is 1. The molecule has 8 nitrogen and oxygen atoms in total. The maximum absolute atomic E-state index is 10.9. The third-order valence-corrected chi connectivity index (χ3v) is 6.18. The van der Waals surface area contributed by atoms with E-state index in [0.29, 0.717) is 6.54 Å². The quantitative estimate of drug-likeness (QED) is 0.474. The average Bonchev–Trinajstić information content (AvgIpc) is 3.35. The van der Waals surface area contributed by atoms with Crippen molar-refractivity contribution in [3.05, 3.63) is 77.2 Å². The van der Waals surface area contributed by atoms with Gasteiger partial charge in [-0.15, -0.1) is 5.10 Å². The summed E-state index contributed by atoms with van der Waals surface area (Å²) in [5, 5.41) is 25.7. The molecule has 1 aliphatic heterocycles. The van der Waals surface area contributed by atoms with Gasteiger partial charge in [-0.3, -0.25) is 9.48 Å². The van der Waals surface area contributed by atoms with Gasteiger partial charge in [0.15, 0.2) is 0 Å². The summed E-state index contributed by atoms with van der Waals surface area (Å²) in [5.41, 5.74) is 8.52. The Bertz CT molecular complexity index is 1300.